The molecule has 0 atom stereocenters. The average Bonchev–Trinajstić information content (AvgIpc) is 2.81. The van der Waals surface area contributed by atoms with E-state index in [1.165, 1.54) is 11.6 Å². The number of aryl methyl sites for hydroxylation is 1. The van der Waals surface area contributed by atoms with Crippen molar-refractivity contribution in [2.24, 2.45) is 0 Å². The van der Waals surface area contributed by atoms with Crippen LogP contribution in [0, 0.1) is 17.0 Å². The molecule has 1 heterocycles. The van der Waals surface area contributed by atoms with E-state index in [0.717, 1.165) is 22.2 Å². The molecule has 0 unspecified atom stereocenters. The van der Waals surface area contributed by atoms with Crippen LogP contribution in [0.3, 0.4) is 0 Å². The van der Waals surface area contributed by atoms with Crippen molar-refractivity contribution in [2.75, 3.05) is 0 Å². The lowest BCUT2D eigenvalue weighted by Crippen LogP contribution is -1.86. The third-order valence-corrected chi connectivity index (χ3v) is 3.14. The predicted octanol–water partition coefficient (Wildman–Crippen LogP) is 4.05. The molecule has 0 fully saturated rings. The molecule has 0 saturated carbocycles. The number of nitrogens with zero attached hydrogens (tertiary/aromatic N) is 1. The molecule has 1 N–H and O–H groups in total. The van der Waals surface area contributed by atoms with E-state index in [1.807, 2.05) is 31.2 Å². The summed E-state index contributed by atoms with van der Waals surface area (Å²) in [6.07, 6.45) is 0. The van der Waals surface area contributed by atoms with Gasteiger partial charge in [-0.2, -0.15) is 0 Å². The highest BCUT2D eigenvalue weighted by Gasteiger charge is 2.09. The van der Waals surface area contributed by atoms with Crippen molar-refractivity contribution in [1.29, 1.82) is 0 Å². The number of H-pyrrole nitrogens is 1. The fraction of sp³-hybridized carbons (Fsp3) is 0.0667. The average molecular weight is 252 g/mol. The minimum absolute atomic E-state index is 0.113. The van der Waals surface area contributed by atoms with Gasteiger partial charge in [-0.25, -0.2) is 0 Å². The second-order valence-corrected chi connectivity index (χ2v) is 4.58. The van der Waals surface area contributed by atoms with Crippen LogP contribution in [-0.2, 0) is 0 Å². The van der Waals surface area contributed by atoms with Gasteiger partial charge in [0.1, 0.15) is 0 Å². The monoisotopic (exact) mass is 252 g/mol. The summed E-state index contributed by atoms with van der Waals surface area (Å²) in [6, 6.07) is 14.9. The summed E-state index contributed by atoms with van der Waals surface area (Å²) in [5, 5.41) is 11.6. The van der Waals surface area contributed by atoms with Crippen molar-refractivity contribution >= 4 is 16.6 Å². The molecule has 0 aliphatic carbocycles. The molecule has 0 bridgehead atoms. The Morgan fingerprint density at radius 2 is 1.95 bits per heavy atom. The fourth-order valence-electron chi connectivity index (χ4n) is 2.20. The maximum atomic E-state index is 10.8. The molecule has 0 aliphatic heterocycles. The Bertz CT molecular complexity index is 775. The fourth-order valence-corrected chi connectivity index (χ4v) is 2.20. The Balaban J connectivity index is 2.14. The van der Waals surface area contributed by atoms with Crippen LogP contribution in [0.2, 0.25) is 0 Å². The first-order valence-corrected chi connectivity index (χ1v) is 5.98. The molecule has 2 aromatic carbocycles. The first-order chi connectivity index (χ1) is 9.13. The zero-order valence-electron chi connectivity index (χ0n) is 10.4. The molecule has 0 amide bonds. The SMILES string of the molecule is Cc1cccc(-c2cc3cc([N+](=O)[O-])ccc3[nH]2)c1. The summed E-state index contributed by atoms with van der Waals surface area (Å²) < 4.78 is 0. The van der Waals surface area contributed by atoms with Crippen LogP contribution in [0.25, 0.3) is 22.2 Å². The summed E-state index contributed by atoms with van der Waals surface area (Å²) in [6.45, 7) is 2.04. The number of nitrogens with one attached hydrogen (secondary N) is 1. The van der Waals surface area contributed by atoms with E-state index in [2.05, 4.69) is 11.1 Å². The second kappa shape index (κ2) is 4.24. The first-order valence-electron chi connectivity index (χ1n) is 5.98. The molecule has 0 aliphatic rings. The van der Waals surface area contributed by atoms with Gasteiger partial charge in [-0.3, -0.25) is 10.1 Å². The van der Waals surface area contributed by atoms with E-state index in [-0.39, 0.29) is 10.6 Å². The smallest absolute Gasteiger partial charge is 0.270 e. The van der Waals surface area contributed by atoms with Crippen LogP contribution >= 0.6 is 0 Å². The summed E-state index contributed by atoms with van der Waals surface area (Å²) in [7, 11) is 0. The number of fused-ring (bicyclic) bond motifs is 1. The predicted molar refractivity (Wildman–Crippen MR) is 75.1 cm³/mol. The maximum Gasteiger partial charge on any atom is 0.270 e. The van der Waals surface area contributed by atoms with E-state index < -0.39 is 0 Å². The Hall–Kier alpha value is -2.62. The lowest BCUT2D eigenvalue weighted by atomic mass is 10.1. The molecule has 19 heavy (non-hydrogen) atoms. The van der Waals surface area contributed by atoms with E-state index >= 15 is 0 Å². The standard InChI is InChI=1S/C15H12N2O2/c1-10-3-2-4-11(7-10)15-9-12-8-13(17(18)19)5-6-14(12)16-15/h2-9,16H,1H3. The van der Waals surface area contributed by atoms with Gasteiger partial charge in [-0.15, -0.1) is 0 Å². The first kappa shape index (κ1) is 11.5. The van der Waals surface area contributed by atoms with Gasteiger partial charge >= 0.3 is 0 Å². The highest BCUT2D eigenvalue weighted by molar-refractivity contribution is 5.87. The molecule has 3 aromatic rings. The van der Waals surface area contributed by atoms with Crippen molar-refractivity contribution in [2.45, 2.75) is 6.92 Å². The highest BCUT2D eigenvalue weighted by Crippen LogP contribution is 2.27. The topological polar surface area (TPSA) is 58.9 Å². The molecule has 4 heteroatoms. The number of aromatic nitrogens is 1. The van der Waals surface area contributed by atoms with Crippen LogP contribution in [0.15, 0.2) is 48.5 Å². The van der Waals surface area contributed by atoms with Gasteiger partial charge in [-0.1, -0.05) is 23.8 Å². The van der Waals surface area contributed by atoms with Gasteiger partial charge in [0.2, 0.25) is 0 Å². The van der Waals surface area contributed by atoms with Crippen LogP contribution < -0.4 is 0 Å². The summed E-state index contributed by atoms with van der Waals surface area (Å²) in [5.41, 5.74) is 4.25. The van der Waals surface area contributed by atoms with Crippen molar-refractivity contribution in [1.82, 2.24) is 4.98 Å². The molecule has 0 spiro atoms. The molecular formula is C15H12N2O2. The van der Waals surface area contributed by atoms with E-state index in [4.69, 9.17) is 0 Å². The second-order valence-electron chi connectivity index (χ2n) is 4.58. The molecule has 0 saturated heterocycles. The third-order valence-electron chi connectivity index (χ3n) is 3.14. The number of non-ortho nitro benzene ring substituents is 1. The van der Waals surface area contributed by atoms with Crippen molar-refractivity contribution in [3.63, 3.8) is 0 Å². The Morgan fingerprint density at radius 1 is 1.11 bits per heavy atom. The Labute approximate surface area is 109 Å². The quantitative estimate of drug-likeness (QED) is 0.552. The number of nitro groups is 1. The van der Waals surface area contributed by atoms with Crippen LogP contribution in [-0.4, -0.2) is 9.91 Å². The number of benzene rings is 2. The third kappa shape index (κ3) is 2.08. The zero-order valence-corrected chi connectivity index (χ0v) is 10.4. The van der Waals surface area contributed by atoms with Crippen LogP contribution in [0.4, 0.5) is 5.69 Å². The van der Waals surface area contributed by atoms with Gasteiger partial charge in [-0.05, 0) is 30.7 Å². The van der Waals surface area contributed by atoms with Gasteiger partial charge < -0.3 is 4.98 Å². The number of rotatable bonds is 2. The van der Waals surface area contributed by atoms with Crippen LogP contribution in [0.1, 0.15) is 5.56 Å². The summed E-state index contributed by atoms with van der Waals surface area (Å²) >= 11 is 0. The van der Waals surface area contributed by atoms with E-state index in [0.29, 0.717) is 0 Å². The maximum absolute atomic E-state index is 10.8. The van der Waals surface area contributed by atoms with E-state index in [1.54, 1.807) is 12.1 Å². The minimum Gasteiger partial charge on any atom is -0.355 e. The Kier molecular flexibility index (Phi) is 2.56. The largest absolute Gasteiger partial charge is 0.355 e. The molecular weight excluding hydrogens is 240 g/mol. The lowest BCUT2D eigenvalue weighted by Gasteiger charge is -1.98. The van der Waals surface area contributed by atoms with Crippen molar-refractivity contribution in [3.8, 4) is 11.3 Å². The zero-order chi connectivity index (χ0) is 13.4. The molecule has 3 rings (SSSR count). The number of hydrogen-bond acceptors (Lipinski definition) is 2. The molecule has 1 aromatic heterocycles. The Morgan fingerprint density at radius 3 is 2.68 bits per heavy atom. The molecule has 4 nitrogen and oxygen atoms in total. The number of nitro benzene ring substituents is 1. The summed E-state index contributed by atoms with van der Waals surface area (Å²) in [4.78, 5) is 13.7. The van der Waals surface area contributed by atoms with Gasteiger partial charge in [0.05, 0.1) is 4.92 Å². The van der Waals surface area contributed by atoms with Gasteiger partial charge in [0.15, 0.2) is 0 Å². The van der Waals surface area contributed by atoms with Gasteiger partial charge in [0, 0.05) is 28.7 Å². The van der Waals surface area contributed by atoms with Gasteiger partial charge in [0.25, 0.3) is 5.69 Å². The molecule has 0 radical (unpaired) electrons. The number of hydrogen-bond donors (Lipinski definition) is 1. The summed E-state index contributed by atoms with van der Waals surface area (Å²) in [5.74, 6) is 0. The van der Waals surface area contributed by atoms with E-state index in [9.17, 15) is 10.1 Å². The number of aromatic amines is 1. The minimum atomic E-state index is -0.376. The lowest BCUT2D eigenvalue weighted by molar-refractivity contribution is -0.384. The highest BCUT2D eigenvalue weighted by atomic mass is 16.6. The molecule has 94 valence electrons. The normalized spacial score (nSPS) is 10.8. The van der Waals surface area contributed by atoms with Crippen LogP contribution in [0.5, 0.6) is 0 Å². The van der Waals surface area contributed by atoms with Crippen molar-refractivity contribution in [3.05, 3.63) is 64.2 Å². The van der Waals surface area contributed by atoms with Crippen molar-refractivity contribution < 1.29 is 4.92 Å².